The molecule has 0 aliphatic carbocycles. The summed E-state index contributed by atoms with van der Waals surface area (Å²) < 4.78 is 5.40. The number of nitrogens with one attached hydrogen (secondary N) is 1. The lowest BCUT2D eigenvalue weighted by molar-refractivity contribution is -0.130. The number of anilines is 1. The number of carbonyl (C=O) groups is 2. The molecule has 1 N–H and O–H groups in total. The summed E-state index contributed by atoms with van der Waals surface area (Å²) in [7, 11) is 1.65. The molecule has 0 radical (unpaired) electrons. The van der Waals surface area contributed by atoms with Gasteiger partial charge in [-0.1, -0.05) is 60.5 Å². The number of benzene rings is 2. The number of methoxy groups -OCH3 is 1. The number of para-hydroxylation sites is 1. The zero-order valence-corrected chi connectivity index (χ0v) is 22.4. The van der Waals surface area contributed by atoms with Crippen LogP contribution in [0.2, 0.25) is 10.0 Å². The molecule has 2 aromatic carbocycles. The Kier molecular flexibility index (Phi) is 10.9. The van der Waals surface area contributed by atoms with E-state index >= 15 is 0 Å². The average Bonchev–Trinajstić information content (AvgIpc) is 2.88. The van der Waals surface area contributed by atoms with Crippen LogP contribution in [0.3, 0.4) is 0 Å². The first kappa shape index (κ1) is 27.8. The lowest BCUT2D eigenvalue weighted by atomic mass is 10.2. The fourth-order valence-electron chi connectivity index (χ4n) is 4.02. The maximum absolute atomic E-state index is 12.7. The Morgan fingerprint density at radius 2 is 1.86 bits per heavy atom. The topological polar surface area (TPSA) is 65.1 Å². The van der Waals surface area contributed by atoms with Gasteiger partial charge < -0.3 is 19.9 Å². The Labute approximate surface area is 223 Å². The van der Waals surface area contributed by atoms with Gasteiger partial charge in [-0.3, -0.25) is 9.69 Å². The minimum Gasteiger partial charge on any atom is -0.496 e. The molecule has 1 saturated heterocycles. The van der Waals surface area contributed by atoms with Crippen molar-refractivity contribution < 1.29 is 14.3 Å². The summed E-state index contributed by atoms with van der Waals surface area (Å²) in [6.07, 6.45) is 5.35. The Hall–Kier alpha value is -2.74. The third kappa shape index (κ3) is 8.15. The SMILES string of the molecule is CCCC(=O)N(C/C=C/c1ccccc1OC)CCN1CCN(C(=O)Nc2ccc(Cl)cc2Cl)CC1. The van der Waals surface area contributed by atoms with Gasteiger partial charge in [0.15, 0.2) is 0 Å². The van der Waals surface area contributed by atoms with Crippen LogP contribution in [0.4, 0.5) is 10.5 Å². The van der Waals surface area contributed by atoms with Gasteiger partial charge in [-0.05, 0) is 30.7 Å². The molecule has 1 aliphatic heterocycles. The molecule has 0 spiro atoms. The van der Waals surface area contributed by atoms with Gasteiger partial charge in [0, 0.05) is 62.8 Å². The standard InChI is InChI=1S/C27H34Cl2N4O3/c1-3-7-26(34)32(13-6-9-21-8-4-5-10-25(21)36-2)17-14-31-15-18-33(19-16-31)27(35)30-24-12-11-22(28)20-23(24)29/h4-6,8-12,20H,3,7,13-19H2,1-2H3,(H,30,35)/b9-6+. The van der Waals surface area contributed by atoms with Crippen molar-refractivity contribution >= 4 is 46.9 Å². The Morgan fingerprint density at radius 3 is 2.56 bits per heavy atom. The van der Waals surface area contributed by atoms with Crippen molar-refractivity contribution in [3.05, 3.63) is 64.1 Å². The number of amides is 3. The maximum atomic E-state index is 12.7. The molecule has 2 aromatic rings. The molecule has 7 nitrogen and oxygen atoms in total. The van der Waals surface area contributed by atoms with E-state index in [0.717, 1.165) is 37.4 Å². The predicted molar refractivity (Wildman–Crippen MR) is 147 cm³/mol. The number of carbonyl (C=O) groups excluding carboxylic acids is 2. The van der Waals surface area contributed by atoms with Crippen molar-refractivity contribution in [3.63, 3.8) is 0 Å². The van der Waals surface area contributed by atoms with E-state index in [0.29, 0.717) is 48.3 Å². The van der Waals surface area contributed by atoms with E-state index < -0.39 is 0 Å². The van der Waals surface area contributed by atoms with Gasteiger partial charge >= 0.3 is 6.03 Å². The summed E-state index contributed by atoms with van der Waals surface area (Å²) in [5.41, 5.74) is 1.52. The van der Waals surface area contributed by atoms with Crippen LogP contribution >= 0.6 is 23.2 Å². The highest BCUT2D eigenvalue weighted by Gasteiger charge is 2.22. The van der Waals surface area contributed by atoms with E-state index in [2.05, 4.69) is 10.2 Å². The number of piperazine rings is 1. The molecule has 0 unspecified atom stereocenters. The molecule has 0 aromatic heterocycles. The number of hydrogen-bond donors (Lipinski definition) is 1. The van der Waals surface area contributed by atoms with Crippen molar-refractivity contribution in [2.24, 2.45) is 0 Å². The van der Waals surface area contributed by atoms with Gasteiger partial charge in [0.1, 0.15) is 5.75 Å². The molecular formula is C27H34Cl2N4O3. The van der Waals surface area contributed by atoms with Crippen molar-refractivity contribution in [1.82, 2.24) is 14.7 Å². The third-order valence-corrected chi connectivity index (χ3v) is 6.64. The van der Waals surface area contributed by atoms with Crippen LogP contribution in [0.25, 0.3) is 6.08 Å². The van der Waals surface area contributed by atoms with Crippen molar-refractivity contribution in [2.75, 3.05) is 58.2 Å². The molecule has 3 amide bonds. The predicted octanol–water partition coefficient (Wildman–Crippen LogP) is 5.49. The summed E-state index contributed by atoms with van der Waals surface area (Å²) >= 11 is 12.1. The smallest absolute Gasteiger partial charge is 0.321 e. The molecule has 194 valence electrons. The van der Waals surface area contributed by atoms with Crippen LogP contribution in [-0.2, 0) is 4.79 Å². The molecule has 1 aliphatic rings. The van der Waals surface area contributed by atoms with Crippen LogP contribution in [0.1, 0.15) is 25.3 Å². The van der Waals surface area contributed by atoms with E-state index in [-0.39, 0.29) is 11.9 Å². The van der Waals surface area contributed by atoms with Gasteiger partial charge in [-0.2, -0.15) is 0 Å². The molecule has 0 atom stereocenters. The highest BCUT2D eigenvalue weighted by Crippen LogP contribution is 2.25. The van der Waals surface area contributed by atoms with Gasteiger partial charge in [-0.25, -0.2) is 4.79 Å². The van der Waals surface area contributed by atoms with Gasteiger partial charge in [0.05, 0.1) is 17.8 Å². The van der Waals surface area contributed by atoms with Crippen LogP contribution in [0.15, 0.2) is 48.5 Å². The van der Waals surface area contributed by atoms with Crippen molar-refractivity contribution in [2.45, 2.75) is 19.8 Å². The van der Waals surface area contributed by atoms with E-state index in [1.54, 1.807) is 30.2 Å². The molecule has 9 heteroatoms. The van der Waals surface area contributed by atoms with Gasteiger partial charge in [0.25, 0.3) is 0 Å². The minimum atomic E-state index is -0.180. The zero-order chi connectivity index (χ0) is 25.9. The summed E-state index contributed by atoms with van der Waals surface area (Å²) in [4.78, 5) is 31.3. The minimum absolute atomic E-state index is 0.153. The monoisotopic (exact) mass is 532 g/mol. The molecule has 36 heavy (non-hydrogen) atoms. The average molecular weight is 534 g/mol. The number of hydrogen-bond acceptors (Lipinski definition) is 4. The fraction of sp³-hybridized carbons (Fsp3) is 0.407. The molecular weight excluding hydrogens is 499 g/mol. The fourth-order valence-corrected chi connectivity index (χ4v) is 4.48. The molecule has 0 saturated carbocycles. The van der Waals surface area contributed by atoms with E-state index in [4.69, 9.17) is 27.9 Å². The number of urea groups is 1. The third-order valence-electron chi connectivity index (χ3n) is 6.10. The number of ether oxygens (including phenoxy) is 1. The Morgan fingerprint density at radius 1 is 1.11 bits per heavy atom. The number of halogens is 2. The Balaban J connectivity index is 1.49. The quantitative estimate of drug-likeness (QED) is 0.439. The van der Waals surface area contributed by atoms with Crippen LogP contribution in [0, 0.1) is 0 Å². The lowest BCUT2D eigenvalue weighted by Gasteiger charge is -2.35. The van der Waals surface area contributed by atoms with Crippen molar-refractivity contribution in [3.8, 4) is 5.75 Å². The highest BCUT2D eigenvalue weighted by atomic mass is 35.5. The lowest BCUT2D eigenvalue weighted by Crippen LogP contribution is -2.51. The van der Waals surface area contributed by atoms with Gasteiger partial charge in [-0.15, -0.1) is 0 Å². The van der Waals surface area contributed by atoms with Gasteiger partial charge in [0.2, 0.25) is 5.91 Å². The summed E-state index contributed by atoms with van der Waals surface area (Å²) in [6, 6.07) is 12.6. The molecule has 1 heterocycles. The maximum Gasteiger partial charge on any atom is 0.321 e. The summed E-state index contributed by atoms with van der Waals surface area (Å²) in [5.74, 6) is 0.959. The first-order valence-corrected chi connectivity index (χ1v) is 13.0. The van der Waals surface area contributed by atoms with E-state index in [1.165, 1.54) is 0 Å². The van der Waals surface area contributed by atoms with Crippen LogP contribution in [-0.4, -0.2) is 79.6 Å². The van der Waals surface area contributed by atoms with Crippen LogP contribution < -0.4 is 10.1 Å². The summed E-state index contributed by atoms with van der Waals surface area (Å²) in [6.45, 7) is 6.66. The zero-order valence-electron chi connectivity index (χ0n) is 20.9. The second-order valence-corrected chi connectivity index (χ2v) is 9.46. The van der Waals surface area contributed by atoms with E-state index in [1.807, 2.05) is 48.2 Å². The molecule has 1 fully saturated rings. The number of rotatable bonds is 10. The normalized spacial score (nSPS) is 14.2. The second-order valence-electron chi connectivity index (χ2n) is 8.62. The largest absolute Gasteiger partial charge is 0.496 e. The Bertz CT molecular complexity index is 1060. The van der Waals surface area contributed by atoms with Crippen molar-refractivity contribution in [1.29, 1.82) is 0 Å². The second kappa shape index (κ2) is 14.1. The van der Waals surface area contributed by atoms with E-state index in [9.17, 15) is 9.59 Å². The first-order valence-electron chi connectivity index (χ1n) is 12.2. The summed E-state index contributed by atoms with van der Waals surface area (Å²) in [5, 5.41) is 3.78. The number of nitrogens with zero attached hydrogens (tertiary/aromatic N) is 3. The van der Waals surface area contributed by atoms with Crippen LogP contribution in [0.5, 0.6) is 5.75 Å². The first-order chi connectivity index (χ1) is 17.4. The molecule has 3 rings (SSSR count). The molecule has 0 bridgehead atoms. The highest BCUT2D eigenvalue weighted by molar-refractivity contribution is 6.36.